The molecule has 1 atom stereocenters. The van der Waals surface area contributed by atoms with Crippen molar-refractivity contribution in [3.63, 3.8) is 0 Å². The zero-order valence-electron chi connectivity index (χ0n) is 10.5. The SMILES string of the molecule is Cc1ccc(C(C)NC(=O)c2ccc(Cl)cc2Br)o1. The number of hydrogen-bond donors (Lipinski definition) is 1. The number of furan rings is 1. The Kier molecular flexibility index (Phi) is 4.32. The molecule has 2 aromatic rings. The Bertz CT molecular complexity index is 609. The highest BCUT2D eigenvalue weighted by atomic mass is 79.9. The van der Waals surface area contributed by atoms with E-state index in [4.69, 9.17) is 16.0 Å². The molecular weight excluding hydrogens is 330 g/mol. The number of halogens is 2. The van der Waals surface area contributed by atoms with Gasteiger partial charge in [-0.3, -0.25) is 4.79 Å². The van der Waals surface area contributed by atoms with Gasteiger partial charge in [0.25, 0.3) is 5.91 Å². The molecule has 0 bridgehead atoms. The van der Waals surface area contributed by atoms with E-state index in [2.05, 4.69) is 21.2 Å². The fourth-order valence-electron chi connectivity index (χ4n) is 1.71. The highest BCUT2D eigenvalue weighted by molar-refractivity contribution is 9.10. The van der Waals surface area contributed by atoms with Gasteiger partial charge in [-0.1, -0.05) is 11.6 Å². The van der Waals surface area contributed by atoms with Gasteiger partial charge < -0.3 is 9.73 Å². The van der Waals surface area contributed by atoms with Crippen LogP contribution in [0.4, 0.5) is 0 Å². The lowest BCUT2D eigenvalue weighted by Crippen LogP contribution is -2.26. The minimum Gasteiger partial charge on any atom is -0.464 e. The molecule has 3 nitrogen and oxygen atoms in total. The largest absolute Gasteiger partial charge is 0.464 e. The molecule has 1 aromatic heterocycles. The van der Waals surface area contributed by atoms with Gasteiger partial charge >= 0.3 is 0 Å². The van der Waals surface area contributed by atoms with Crippen molar-refractivity contribution in [3.8, 4) is 0 Å². The van der Waals surface area contributed by atoms with Crippen LogP contribution in [0, 0.1) is 6.92 Å². The fourth-order valence-corrected chi connectivity index (χ4v) is 2.57. The van der Waals surface area contributed by atoms with Gasteiger partial charge in [-0.25, -0.2) is 0 Å². The predicted octanol–water partition coefficient (Wildman–Crippen LogP) is 4.49. The second kappa shape index (κ2) is 5.80. The summed E-state index contributed by atoms with van der Waals surface area (Å²) in [5.41, 5.74) is 0.541. The molecule has 19 heavy (non-hydrogen) atoms. The summed E-state index contributed by atoms with van der Waals surface area (Å²) in [4.78, 5) is 12.1. The Morgan fingerprint density at radius 3 is 2.68 bits per heavy atom. The Balaban J connectivity index is 2.12. The second-order valence-corrected chi connectivity index (χ2v) is 5.56. The molecule has 0 saturated carbocycles. The summed E-state index contributed by atoms with van der Waals surface area (Å²) in [5, 5.41) is 3.46. The third-order valence-corrected chi connectivity index (χ3v) is 3.60. The molecule has 2 rings (SSSR count). The third kappa shape index (κ3) is 3.39. The number of carbonyl (C=O) groups is 1. The van der Waals surface area contributed by atoms with E-state index in [0.29, 0.717) is 15.1 Å². The molecule has 0 aliphatic heterocycles. The van der Waals surface area contributed by atoms with Crippen molar-refractivity contribution in [1.29, 1.82) is 0 Å². The van der Waals surface area contributed by atoms with E-state index in [0.717, 1.165) is 11.5 Å². The van der Waals surface area contributed by atoms with Crippen molar-refractivity contribution >= 4 is 33.4 Å². The summed E-state index contributed by atoms with van der Waals surface area (Å²) >= 11 is 9.18. The summed E-state index contributed by atoms with van der Waals surface area (Å²) in [7, 11) is 0. The topological polar surface area (TPSA) is 42.2 Å². The first kappa shape index (κ1) is 14.2. The smallest absolute Gasteiger partial charge is 0.253 e. The Morgan fingerprint density at radius 1 is 1.37 bits per heavy atom. The van der Waals surface area contributed by atoms with Crippen molar-refractivity contribution < 1.29 is 9.21 Å². The number of hydrogen-bond acceptors (Lipinski definition) is 2. The van der Waals surface area contributed by atoms with E-state index in [1.54, 1.807) is 18.2 Å². The maximum absolute atomic E-state index is 12.1. The first-order valence-electron chi connectivity index (χ1n) is 5.79. The van der Waals surface area contributed by atoms with Crippen molar-refractivity contribution in [3.05, 3.63) is 56.9 Å². The highest BCUT2D eigenvalue weighted by Gasteiger charge is 2.16. The van der Waals surface area contributed by atoms with Gasteiger partial charge in [0.05, 0.1) is 11.6 Å². The lowest BCUT2D eigenvalue weighted by molar-refractivity contribution is 0.0934. The highest BCUT2D eigenvalue weighted by Crippen LogP contribution is 2.23. The van der Waals surface area contributed by atoms with E-state index in [-0.39, 0.29) is 11.9 Å². The number of nitrogens with one attached hydrogen (secondary N) is 1. The second-order valence-electron chi connectivity index (χ2n) is 4.27. The number of amides is 1. The first-order valence-corrected chi connectivity index (χ1v) is 6.96. The zero-order chi connectivity index (χ0) is 14.0. The molecule has 0 fully saturated rings. The van der Waals surface area contributed by atoms with Gasteiger partial charge in [0.2, 0.25) is 0 Å². The molecule has 0 spiro atoms. The standard InChI is InChI=1S/C14H13BrClNO2/c1-8-3-6-13(19-8)9(2)17-14(18)11-5-4-10(16)7-12(11)15/h3-7,9H,1-2H3,(H,17,18). The van der Waals surface area contributed by atoms with Crippen LogP contribution in [0.5, 0.6) is 0 Å². The average Bonchev–Trinajstić information content (AvgIpc) is 2.75. The molecule has 0 aliphatic rings. The summed E-state index contributed by atoms with van der Waals surface area (Å²) in [5.74, 6) is 1.38. The molecule has 0 aliphatic carbocycles. The van der Waals surface area contributed by atoms with Crippen LogP contribution in [0.3, 0.4) is 0 Å². The van der Waals surface area contributed by atoms with Crippen molar-refractivity contribution in [2.24, 2.45) is 0 Å². The van der Waals surface area contributed by atoms with Crippen molar-refractivity contribution in [2.75, 3.05) is 0 Å². The van der Waals surface area contributed by atoms with Gasteiger partial charge in [0, 0.05) is 9.50 Å². The van der Waals surface area contributed by atoms with E-state index in [1.807, 2.05) is 26.0 Å². The van der Waals surface area contributed by atoms with Gasteiger partial charge in [-0.15, -0.1) is 0 Å². The maximum atomic E-state index is 12.1. The lowest BCUT2D eigenvalue weighted by atomic mass is 10.2. The molecular formula is C14H13BrClNO2. The van der Waals surface area contributed by atoms with Crippen LogP contribution in [-0.4, -0.2) is 5.91 Å². The van der Waals surface area contributed by atoms with E-state index < -0.39 is 0 Å². The third-order valence-electron chi connectivity index (χ3n) is 2.71. The van der Waals surface area contributed by atoms with E-state index in [9.17, 15) is 4.79 Å². The summed E-state index contributed by atoms with van der Waals surface area (Å²) in [6, 6.07) is 8.60. The molecule has 5 heteroatoms. The predicted molar refractivity (Wildman–Crippen MR) is 78.5 cm³/mol. The minimum atomic E-state index is -0.191. The Morgan fingerprint density at radius 2 is 2.11 bits per heavy atom. The first-order chi connectivity index (χ1) is 8.97. The molecule has 0 radical (unpaired) electrons. The van der Waals surface area contributed by atoms with Crippen molar-refractivity contribution in [2.45, 2.75) is 19.9 Å². The molecule has 1 amide bonds. The number of rotatable bonds is 3. The maximum Gasteiger partial charge on any atom is 0.253 e. The molecule has 100 valence electrons. The summed E-state index contributed by atoms with van der Waals surface area (Å²) < 4.78 is 6.15. The summed E-state index contributed by atoms with van der Waals surface area (Å²) in [6.45, 7) is 3.74. The quantitative estimate of drug-likeness (QED) is 0.892. The van der Waals surface area contributed by atoms with Crippen LogP contribution in [0.2, 0.25) is 5.02 Å². The molecule has 1 aromatic carbocycles. The number of benzene rings is 1. The monoisotopic (exact) mass is 341 g/mol. The molecule has 1 N–H and O–H groups in total. The Labute approximate surface area is 125 Å². The van der Waals surface area contributed by atoms with Gasteiger partial charge in [-0.05, 0) is 60.1 Å². The molecule has 1 heterocycles. The van der Waals surface area contributed by atoms with E-state index in [1.165, 1.54) is 0 Å². The van der Waals surface area contributed by atoms with Gasteiger partial charge in [0.15, 0.2) is 0 Å². The average molecular weight is 343 g/mol. The van der Waals surface area contributed by atoms with Crippen LogP contribution in [0.25, 0.3) is 0 Å². The lowest BCUT2D eigenvalue weighted by Gasteiger charge is -2.12. The number of aryl methyl sites for hydroxylation is 1. The van der Waals surface area contributed by atoms with Crippen LogP contribution in [0.15, 0.2) is 39.2 Å². The van der Waals surface area contributed by atoms with E-state index >= 15 is 0 Å². The molecule has 0 saturated heterocycles. The Hall–Kier alpha value is -1.26. The number of carbonyl (C=O) groups excluding carboxylic acids is 1. The van der Waals surface area contributed by atoms with Gasteiger partial charge in [-0.2, -0.15) is 0 Å². The molecule has 1 unspecified atom stereocenters. The van der Waals surface area contributed by atoms with Crippen LogP contribution in [-0.2, 0) is 0 Å². The van der Waals surface area contributed by atoms with Crippen molar-refractivity contribution in [1.82, 2.24) is 5.32 Å². The van der Waals surface area contributed by atoms with Crippen LogP contribution in [0.1, 0.15) is 34.8 Å². The zero-order valence-corrected chi connectivity index (χ0v) is 12.9. The van der Waals surface area contributed by atoms with Crippen LogP contribution < -0.4 is 5.32 Å². The minimum absolute atomic E-state index is 0.176. The fraction of sp³-hybridized carbons (Fsp3) is 0.214. The normalized spacial score (nSPS) is 12.2. The van der Waals surface area contributed by atoms with Gasteiger partial charge in [0.1, 0.15) is 11.5 Å². The summed E-state index contributed by atoms with van der Waals surface area (Å²) in [6.07, 6.45) is 0. The van der Waals surface area contributed by atoms with Crippen LogP contribution >= 0.6 is 27.5 Å².